The highest BCUT2D eigenvalue weighted by Crippen LogP contribution is 2.39. The Balaban J connectivity index is 0.00000133. The lowest BCUT2D eigenvalue weighted by molar-refractivity contribution is -0.122. The van der Waals surface area contributed by atoms with Gasteiger partial charge in [0.2, 0.25) is 5.91 Å². The Bertz CT molecular complexity index is 449. The fourth-order valence-corrected chi connectivity index (χ4v) is 3.88. The first kappa shape index (κ1) is 14.7. The minimum absolute atomic E-state index is 0. The molecular weight excluding hydrogens is 280 g/mol. The van der Waals surface area contributed by atoms with Gasteiger partial charge in [-0.05, 0) is 37.6 Å². The van der Waals surface area contributed by atoms with Crippen LogP contribution in [0.1, 0.15) is 24.3 Å². The number of fused-ring (bicyclic) bond motifs is 1. The number of benzene rings is 1. The number of hydrogen-bond acceptors (Lipinski definition) is 3. The van der Waals surface area contributed by atoms with Crippen molar-refractivity contribution < 1.29 is 4.79 Å². The largest absolute Gasteiger partial charge is 0.353 e. The SMILES string of the molecule is Cl.O=C(NC1CCNCC1)C1CSc2ccccc21. The van der Waals surface area contributed by atoms with Gasteiger partial charge >= 0.3 is 0 Å². The van der Waals surface area contributed by atoms with Crippen LogP contribution in [-0.4, -0.2) is 30.8 Å². The molecule has 0 spiro atoms. The van der Waals surface area contributed by atoms with Crippen molar-refractivity contribution in [1.82, 2.24) is 10.6 Å². The molecule has 1 fully saturated rings. The maximum atomic E-state index is 12.3. The molecule has 1 atom stereocenters. The van der Waals surface area contributed by atoms with Crippen molar-refractivity contribution in [3.63, 3.8) is 0 Å². The highest BCUT2D eigenvalue weighted by molar-refractivity contribution is 7.99. The average molecular weight is 299 g/mol. The quantitative estimate of drug-likeness (QED) is 0.879. The van der Waals surface area contributed by atoms with Crippen LogP contribution in [0.4, 0.5) is 0 Å². The van der Waals surface area contributed by atoms with Crippen molar-refractivity contribution in [3.8, 4) is 0 Å². The summed E-state index contributed by atoms with van der Waals surface area (Å²) in [4.78, 5) is 13.6. The summed E-state index contributed by atoms with van der Waals surface area (Å²) >= 11 is 1.79. The summed E-state index contributed by atoms with van der Waals surface area (Å²) in [6.45, 7) is 2.03. The standard InChI is InChI=1S/C14H18N2OS.ClH/c17-14(16-10-5-7-15-8-6-10)12-9-18-13-4-2-1-3-11(12)13;/h1-4,10,12,15H,5-9H2,(H,16,17);1H. The zero-order chi connectivity index (χ0) is 12.4. The van der Waals surface area contributed by atoms with Crippen LogP contribution in [-0.2, 0) is 4.79 Å². The van der Waals surface area contributed by atoms with Crippen molar-refractivity contribution in [3.05, 3.63) is 29.8 Å². The molecule has 2 aliphatic heterocycles. The molecule has 2 N–H and O–H groups in total. The van der Waals surface area contributed by atoms with Gasteiger partial charge in [0.1, 0.15) is 0 Å². The number of amides is 1. The van der Waals surface area contributed by atoms with Crippen molar-refractivity contribution >= 4 is 30.1 Å². The van der Waals surface area contributed by atoms with Crippen LogP contribution in [0.5, 0.6) is 0 Å². The molecule has 2 aliphatic rings. The summed E-state index contributed by atoms with van der Waals surface area (Å²) in [5.74, 6) is 1.14. The normalized spacial score (nSPS) is 22.4. The highest BCUT2D eigenvalue weighted by Gasteiger charge is 2.30. The van der Waals surface area contributed by atoms with Crippen molar-refractivity contribution in [2.24, 2.45) is 0 Å². The number of halogens is 1. The monoisotopic (exact) mass is 298 g/mol. The molecule has 1 amide bonds. The number of carbonyl (C=O) groups is 1. The van der Waals surface area contributed by atoms with Gasteiger partial charge in [0.05, 0.1) is 5.92 Å². The number of piperidine rings is 1. The van der Waals surface area contributed by atoms with Crippen molar-refractivity contribution in [2.75, 3.05) is 18.8 Å². The molecule has 104 valence electrons. The van der Waals surface area contributed by atoms with Crippen LogP contribution in [0, 0.1) is 0 Å². The van der Waals surface area contributed by atoms with Crippen LogP contribution in [0.2, 0.25) is 0 Å². The molecule has 19 heavy (non-hydrogen) atoms. The summed E-state index contributed by atoms with van der Waals surface area (Å²) in [6, 6.07) is 8.62. The first-order valence-electron chi connectivity index (χ1n) is 6.57. The first-order valence-corrected chi connectivity index (χ1v) is 7.56. The van der Waals surface area contributed by atoms with Crippen molar-refractivity contribution in [2.45, 2.75) is 29.7 Å². The van der Waals surface area contributed by atoms with Gasteiger partial charge in [0.25, 0.3) is 0 Å². The van der Waals surface area contributed by atoms with Crippen LogP contribution < -0.4 is 10.6 Å². The Kier molecular flexibility index (Phi) is 5.13. The second-order valence-electron chi connectivity index (χ2n) is 4.93. The zero-order valence-corrected chi connectivity index (χ0v) is 12.4. The van der Waals surface area contributed by atoms with Crippen LogP contribution in [0.15, 0.2) is 29.2 Å². The average Bonchev–Trinajstić information content (AvgIpc) is 2.84. The predicted molar refractivity (Wildman–Crippen MR) is 81.2 cm³/mol. The van der Waals surface area contributed by atoms with E-state index in [0.717, 1.165) is 31.7 Å². The molecule has 2 heterocycles. The fourth-order valence-electron chi connectivity index (χ4n) is 2.65. The molecule has 0 saturated carbocycles. The lowest BCUT2D eigenvalue weighted by Crippen LogP contribution is -2.44. The summed E-state index contributed by atoms with van der Waals surface area (Å²) < 4.78 is 0. The third kappa shape index (κ3) is 3.25. The number of carbonyl (C=O) groups excluding carboxylic acids is 1. The number of rotatable bonds is 2. The molecule has 1 unspecified atom stereocenters. The molecule has 1 aromatic carbocycles. The van der Waals surface area contributed by atoms with E-state index in [0.29, 0.717) is 6.04 Å². The summed E-state index contributed by atoms with van der Waals surface area (Å²) in [5.41, 5.74) is 1.20. The molecule has 0 aliphatic carbocycles. The van der Waals surface area contributed by atoms with Crippen LogP contribution >= 0.6 is 24.2 Å². The summed E-state index contributed by atoms with van der Waals surface area (Å²) in [6.07, 6.45) is 2.10. The van der Waals surface area contributed by atoms with Gasteiger partial charge in [-0.3, -0.25) is 4.79 Å². The Morgan fingerprint density at radius 2 is 2.00 bits per heavy atom. The Labute approximate surface area is 124 Å². The molecule has 3 rings (SSSR count). The van der Waals surface area contributed by atoms with Gasteiger partial charge in [-0.25, -0.2) is 0 Å². The second kappa shape index (κ2) is 6.64. The van der Waals surface area contributed by atoms with E-state index in [9.17, 15) is 4.79 Å². The summed E-state index contributed by atoms with van der Waals surface area (Å²) in [7, 11) is 0. The van der Waals surface area contributed by atoms with E-state index in [-0.39, 0.29) is 24.2 Å². The molecule has 0 radical (unpaired) electrons. The van der Waals surface area contributed by atoms with Gasteiger partial charge in [-0.2, -0.15) is 0 Å². The molecule has 1 aromatic rings. The van der Waals surface area contributed by atoms with E-state index < -0.39 is 0 Å². The van der Waals surface area contributed by atoms with Gasteiger partial charge < -0.3 is 10.6 Å². The highest BCUT2D eigenvalue weighted by atomic mass is 35.5. The second-order valence-corrected chi connectivity index (χ2v) is 6.00. The fraction of sp³-hybridized carbons (Fsp3) is 0.500. The van der Waals surface area contributed by atoms with E-state index >= 15 is 0 Å². The first-order chi connectivity index (χ1) is 8.84. The zero-order valence-electron chi connectivity index (χ0n) is 10.7. The van der Waals surface area contributed by atoms with E-state index in [2.05, 4.69) is 22.8 Å². The van der Waals surface area contributed by atoms with Crippen molar-refractivity contribution in [1.29, 1.82) is 0 Å². The third-order valence-electron chi connectivity index (χ3n) is 3.70. The maximum Gasteiger partial charge on any atom is 0.228 e. The topological polar surface area (TPSA) is 41.1 Å². The smallest absolute Gasteiger partial charge is 0.228 e. The van der Waals surface area contributed by atoms with Gasteiger partial charge in [-0.1, -0.05) is 18.2 Å². The molecule has 0 bridgehead atoms. The maximum absolute atomic E-state index is 12.3. The molecular formula is C14H19ClN2OS. The summed E-state index contributed by atoms with van der Waals surface area (Å²) in [5, 5.41) is 6.53. The predicted octanol–water partition coefficient (Wildman–Crippen LogP) is 2.17. The van der Waals surface area contributed by atoms with Crippen LogP contribution in [0.3, 0.4) is 0 Å². The van der Waals surface area contributed by atoms with Gasteiger partial charge in [0, 0.05) is 16.7 Å². The van der Waals surface area contributed by atoms with E-state index in [1.165, 1.54) is 10.5 Å². The van der Waals surface area contributed by atoms with E-state index in [1.54, 1.807) is 11.8 Å². The molecule has 0 aromatic heterocycles. The van der Waals surface area contributed by atoms with Crippen LogP contribution in [0.25, 0.3) is 0 Å². The lowest BCUT2D eigenvalue weighted by Gasteiger charge is -2.25. The minimum Gasteiger partial charge on any atom is -0.353 e. The number of thioether (sulfide) groups is 1. The Morgan fingerprint density at radius 3 is 2.79 bits per heavy atom. The minimum atomic E-state index is 0. The number of nitrogens with one attached hydrogen (secondary N) is 2. The van der Waals surface area contributed by atoms with Gasteiger partial charge in [-0.15, -0.1) is 24.2 Å². The number of hydrogen-bond donors (Lipinski definition) is 2. The molecule has 1 saturated heterocycles. The van der Waals surface area contributed by atoms with E-state index in [4.69, 9.17) is 0 Å². The third-order valence-corrected chi connectivity index (χ3v) is 4.88. The lowest BCUT2D eigenvalue weighted by atomic mass is 9.99. The Hall–Kier alpha value is -0.710. The van der Waals surface area contributed by atoms with E-state index in [1.807, 2.05) is 12.1 Å². The molecule has 3 nitrogen and oxygen atoms in total. The van der Waals surface area contributed by atoms with Gasteiger partial charge in [0.15, 0.2) is 0 Å². The Morgan fingerprint density at radius 1 is 1.26 bits per heavy atom. The molecule has 5 heteroatoms.